The second-order valence-corrected chi connectivity index (χ2v) is 12.8. The molecule has 0 heterocycles. The molecule has 0 N–H and O–H groups in total. The van der Waals surface area contributed by atoms with E-state index in [1.165, 1.54) is 31.1 Å². The van der Waals surface area contributed by atoms with Gasteiger partial charge in [0.1, 0.15) is 0 Å². The van der Waals surface area contributed by atoms with E-state index in [0.29, 0.717) is 10.8 Å². The Hall–Kier alpha value is -0.950. The lowest BCUT2D eigenvalue weighted by Gasteiger charge is -2.36. The van der Waals surface area contributed by atoms with E-state index in [1.807, 2.05) is 0 Å². The van der Waals surface area contributed by atoms with Crippen molar-refractivity contribution < 1.29 is 17.9 Å². The number of ether oxygens (including phenoxy) is 2. The Bertz CT molecular complexity index is 822. The van der Waals surface area contributed by atoms with Gasteiger partial charge in [0.05, 0.1) is 11.5 Å². The third kappa shape index (κ3) is 9.79. The quantitative estimate of drug-likeness (QED) is 0.296. The van der Waals surface area contributed by atoms with Crippen molar-refractivity contribution in [3.63, 3.8) is 0 Å². The van der Waals surface area contributed by atoms with Crippen molar-refractivity contribution >= 4 is 9.84 Å². The number of benzene rings is 1. The number of hydrogen-bond donors (Lipinski definition) is 0. The van der Waals surface area contributed by atoms with Gasteiger partial charge in [-0.1, -0.05) is 73.9 Å². The minimum atomic E-state index is -3.20. The summed E-state index contributed by atoms with van der Waals surface area (Å²) in [6, 6.07) is 4.13. The summed E-state index contributed by atoms with van der Waals surface area (Å²) in [5.74, 6) is 0.552. The Kier molecular flexibility index (Phi) is 13.5. The van der Waals surface area contributed by atoms with Crippen molar-refractivity contribution in [3.05, 3.63) is 28.8 Å². The largest absolute Gasteiger partial charge is 0.353 e. The first-order valence-electron chi connectivity index (χ1n) is 13.6. The number of hydrogen-bond acceptors (Lipinski definition) is 5. The van der Waals surface area contributed by atoms with Gasteiger partial charge in [0, 0.05) is 32.8 Å². The first-order chi connectivity index (χ1) is 16.3. The van der Waals surface area contributed by atoms with Crippen LogP contribution in [0.5, 0.6) is 0 Å². The van der Waals surface area contributed by atoms with Gasteiger partial charge >= 0.3 is 0 Å². The van der Waals surface area contributed by atoms with Crippen LogP contribution in [0.2, 0.25) is 0 Å². The monoisotopic (exact) mass is 511 g/mol. The van der Waals surface area contributed by atoms with Gasteiger partial charge in [-0.3, -0.25) is 0 Å². The van der Waals surface area contributed by atoms with Crippen molar-refractivity contribution in [2.45, 2.75) is 116 Å². The zero-order valence-corrected chi connectivity index (χ0v) is 25.1. The zero-order valence-electron chi connectivity index (χ0n) is 24.2. The first-order valence-corrected chi connectivity index (χ1v) is 15.5. The Morgan fingerprint density at radius 1 is 0.886 bits per heavy atom. The maximum absolute atomic E-state index is 12.2. The van der Waals surface area contributed by atoms with E-state index in [-0.39, 0.29) is 17.6 Å². The minimum Gasteiger partial charge on any atom is -0.353 e. The normalized spacial score (nSPS) is 16.2. The molecule has 5 nitrogen and oxygen atoms in total. The molecule has 0 amide bonds. The van der Waals surface area contributed by atoms with Gasteiger partial charge in [-0.2, -0.15) is 0 Å². The Morgan fingerprint density at radius 2 is 1.37 bits per heavy atom. The Labute approximate surface area is 216 Å². The summed E-state index contributed by atoms with van der Waals surface area (Å²) >= 11 is 0. The molecule has 0 spiro atoms. The molecule has 0 saturated heterocycles. The van der Waals surface area contributed by atoms with E-state index in [1.54, 1.807) is 7.11 Å². The topological polar surface area (TPSA) is 55.8 Å². The van der Waals surface area contributed by atoms with Crippen LogP contribution in [0.3, 0.4) is 0 Å². The molecule has 0 bridgehead atoms. The first kappa shape index (κ1) is 32.1. The average Bonchev–Trinajstić information content (AvgIpc) is 2.81. The van der Waals surface area contributed by atoms with Gasteiger partial charge in [0.2, 0.25) is 0 Å². The molecule has 6 heteroatoms. The maximum atomic E-state index is 12.2. The lowest BCUT2D eigenvalue weighted by atomic mass is 9.89. The van der Waals surface area contributed by atoms with Gasteiger partial charge in [-0.15, -0.1) is 0 Å². The molecule has 204 valence electrons. The van der Waals surface area contributed by atoms with E-state index in [0.717, 1.165) is 50.2 Å². The van der Waals surface area contributed by atoms with Gasteiger partial charge < -0.3 is 14.4 Å². The highest BCUT2D eigenvalue weighted by Gasteiger charge is 2.32. The molecule has 1 aliphatic carbocycles. The third-order valence-corrected chi connectivity index (χ3v) is 8.32. The van der Waals surface area contributed by atoms with Crippen molar-refractivity contribution in [1.29, 1.82) is 0 Å². The van der Waals surface area contributed by atoms with Crippen molar-refractivity contribution in [2.75, 3.05) is 39.6 Å². The van der Waals surface area contributed by atoms with Crippen LogP contribution in [0.1, 0.15) is 122 Å². The number of likely N-dealkylation sites (N-methyl/N-ethyl adjacent to an activating group) is 1. The summed E-state index contributed by atoms with van der Waals surface area (Å²) in [6.07, 6.45) is 7.22. The summed E-state index contributed by atoms with van der Waals surface area (Å²) in [6.45, 7) is 20.9. The predicted octanol–water partition coefficient (Wildman–Crippen LogP) is 7.11. The molecule has 0 radical (unpaired) electrons. The number of sulfone groups is 1. The molecule has 2 rings (SSSR count). The number of rotatable bonds is 11. The SMILES string of the molecule is CC(C)c1cc(C(C)C)c(S(C)(=O)=O)c(C(C)C)c1.CCN(CC)CCOC1(OC)CCCCC1. The van der Waals surface area contributed by atoms with Crippen LogP contribution in [0.25, 0.3) is 0 Å². The minimum absolute atomic E-state index is 0.209. The van der Waals surface area contributed by atoms with Crippen molar-refractivity contribution in [3.8, 4) is 0 Å². The zero-order chi connectivity index (χ0) is 26.8. The maximum Gasteiger partial charge on any atom is 0.176 e. The molecule has 0 aliphatic heterocycles. The van der Waals surface area contributed by atoms with E-state index >= 15 is 0 Å². The lowest BCUT2D eigenvalue weighted by molar-refractivity contribution is -0.239. The third-order valence-electron chi connectivity index (χ3n) is 7.10. The molecule has 1 saturated carbocycles. The molecule has 35 heavy (non-hydrogen) atoms. The molecular formula is C29H53NO4S. The summed E-state index contributed by atoms with van der Waals surface area (Å²) < 4.78 is 35.9. The highest BCUT2D eigenvalue weighted by atomic mass is 32.2. The van der Waals surface area contributed by atoms with Crippen LogP contribution in [-0.2, 0) is 19.3 Å². The molecular weight excluding hydrogens is 458 g/mol. The molecule has 0 aromatic heterocycles. The second kappa shape index (κ2) is 14.7. The highest BCUT2D eigenvalue weighted by molar-refractivity contribution is 7.90. The smallest absolute Gasteiger partial charge is 0.176 e. The Balaban J connectivity index is 0.000000355. The van der Waals surface area contributed by atoms with Gasteiger partial charge in [0.15, 0.2) is 15.6 Å². The fraction of sp³-hybridized carbons (Fsp3) is 0.793. The summed E-state index contributed by atoms with van der Waals surface area (Å²) in [4.78, 5) is 2.92. The lowest BCUT2D eigenvalue weighted by Crippen LogP contribution is -2.39. The van der Waals surface area contributed by atoms with E-state index in [2.05, 4.69) is 72.4 Å². The van der Waals surface area contributed by atoms with Crippen LogP contribution >= 0.6 is 0 Å². The molecule has 0 unspecified atom stereocenters. The molecule has 1 aliphatic rings. The van der Waals surface area contributed by atoms with Gasteiger partial charge in [-0.25, -0.2) is 8.42 Å². The van der Waals surface area contributed by atoms with Crippen LogP contribution in [0, 0.1) is 0 Å². The average molecular weight is 512 g/mol. The fourth-order valence-corrected chi connectivity index (χ4v) is 6.16. The molecule has 1 fully saturated rings. The highest BCUT2D eigenvalue weighted by Crippen LogP contribution is 2.35. The van der Waals surface area contributed by atoms with E-state index in [9.17, 15) is 8.42 Å². The van der Waals surface area contributed by atoms with Crippen LogP contribution < -0.4 is 0 Å². The molecule has 1 aromatic carbocycles. The standard InChI is InChI=1S/C16H26O2S.C13H27NO2/c1-10(2)13-8-14(11(3)4)16(19(7,17)18)15(9-13)12(5)6;1-4-14(5-2)11-12-16-13(15-3)9-7-6-8-10-13/h8-12H,1-7H3;4-12H2,1-3H3. The van der Waals surface area contributed by atoms with Crippen LogP contribution in [-0.4, -0.2) is 58.7 Å². The second-order valence-electron chi connectivity index (χ2n) is 10.8. The van der Waals surface area contributed by atoms with Crippen LogP contribution in [0.4, 0.5) is 0 Å². The molecule has 1 aromatic rings. The predicted molar refractivity (Wildman–Crippen MR) is 148 cm³/mol. The summed E-state index contributed by atoms with van der Waals surface area (Å²) in [7, 11) is -1.42. The van der Waals surface area contributed by atoms with Crippen molar-refractivity contribution in [1.82, 2.24) is 4.90 Å². The molecule has 0 atom stereocenters. The van der Waals surface area contributed by atoms with E-state index < -0.39 is 9.84 Å². The van der Waals surface area contributed by atoms with Gasteiger partial charge in [-0.05, 0) is 60.4 Å². The van der Waals surface area contributed by atoms with Crippen LogP contribution in [0.15, 0.2) is 17.0 Å². The van der Waals surface area contributed by atoms with E-state index in [4.69, 9.17) is 9.47 Å². The van der Waals surface area contributed by atoms with Crippen molar-refractivity contribution in [2.24, 2.45) is 0 Å². The summed E-state index contributed by atoms with van der Waals surface area (Å²) in [5, 5.41) is 0. The summed E-state index contributed by atoms with van der Waals surface area (Å²) in [5.41, 5.74) is 3.13. The fourth-order valence-electron chi connectivity index (χ4n) is 4.72. The number of methoxy groups -OCH3 is 1. The Morgan fingerprint density at radius 3 is 1.71 bits per heavy atom. The number of nitrogens with zero attached hydrogens (tertiary/aromatic N) is 1. The van der Waals surface area contributed by atoms with Gasteiger partial charge in [0.25, 0.3) is 0 Å².